The van der Waals surface area contributed by atoms with Crippen molar-refractivity contribution in [2.45, 2.75) is 13.5 Å². The van der Waals surface area contributed by atoms with Gasteiger partial charge in [0.1, 0.15) is 0 Å². The SMILES string of the molecule is CCN(CCN1CCOCC1)Cc1cc(=O)c2cc(Cl)ccc2[nH]1. The van der Waals surface area contributed by atoms with Gasteiger partial charge in [-0.3, -0.25) is 14.6 Å². The molecule has 0 unspecified atom stereocenters. The van der Waals surface area contributed by atoms with E-state index in [1.54, 1.807) is 18.2 Å². The lowest BCUT2D eigenvalue weighted by atomic mass is 10.2. The van der Waals surface area contributed by atoms with E-state index in [0.717, 1.165) is 63.7 Å². The minimum absolute atomic E-state index is 0.0190. The average molecular weight is 350 g/mol. The molecule has 0 radical (unpaired) electrons. The standard InChI is InChI=1S/C18H24ClN3O2/c1-2-21(5-6-22-7-9-24-10-8-22)13-15-12-18(23)16-11-14(19)3-4-17(16)20-15/h3-4,11-12H,2,5-10,13H2,1H3,(H,20,23). The Morgan fingerprint density at radius 2 is 2.08 bits per heavy atom. The number of morpholine rings is 1. The third kappa shape index (κ3) is 4.36. The van der Waals surface area contributed by atoms with E-state index in [1.807, 2.05) is 6.07 Å². The van der Waals surface area contributed by atoms with Crippen LogP contribution in [0.3, 0.4) is 0 Å². The number of likely N-dealkylation sites (N-methyl/N-ethyl adjacent to an activating group) is 1. The highest BCUT2D eigenvalue weighted by Gasteiger charge is 2.12. The second-order valence-electron chi connectivity index (χ2n) is 6.17. The number of H-pyrrole nitrogens is 1. The fraction of sp³-hybridized carbons (Fsp3) is 0.500. The number of fused-ring (bicyclic) bond motifs is 1. The summed E-state index contributed by atoms with van der Waals surface area (Å²) < 4.78 is 5.39. The van der Waals surface area contributed by atoms with Crippen molar-refractivity contribution >= 4 is 22.5 Å². The summed E-state index contributed by atoms with van der Waals surface area (Å²) in [4.78, 5) is 20.4. The number of pyridine rings is 1. The number of aromatic amines is 1. The molecular formula is C18H24ClN3O2. The molecule has 1 saturated heterocycles. The van der Waals surface area contributed by atoms with Crippen LogP contribution in [0.2, 0.25) is 5.02 Å². The van der Waals surface area contributed by atoms with Crippen LogP contribution in [0.4, 0.5) is 0 Å². The molecule has 0 atom stereocenters. The molecule has 2 heterocycles. The van der Waals surface area contributed by atoms with Crippen molar-refractivity contribution in [1.29, 1.82) is 0 Å². The first-order valence-electron chi connectivity index (χ1n) is 8.49. The molecule has 2 aromatic rings. The molecule has 1 aliphatic rings. The van der Waals surface area contributed by atoms with E-state index in [1.165, 1.54) is 0 Å². The minimum Gasteiger partial charge on any atom is -0.379 e. The molecule has 3 rings (SSSR count). The van der Waals surface area contributed by atoms with E-state index in [-0.39, 0.29) is 5.43 Å². The van der Waals surface area contributed by atoms with Crippen LogP contribution in [0.25, 0.3) is 10.9 Å². The Kier molecular flexibility index (Phi) is 5.89. The molecular weight excluding hydrogens is 326 g/mol. The average Bonchev–Trinajstić information content (AvgIpc) is 2.60. The molecule has 130 valence electrons. The summed E-state index contributed by atoms with van der Waals surface area (Å²) in [5, 5.41) is 1.23. The van der Waals surface area contributed by atoms with Crippen LogP contribution in [0.1, 0.15) is 12.6 Å². The topological polar surface area (TPSA) is 48.6 Å². The quantitative estimate of drug-likeness (QED) is 0.869. The summed E-state index contributed by atoms with van der Waals surface area (Å²) in [7, 11) is 0. The summed E-state index contributed by atoms with van der Waals surface area (Å²) in [5.41, 5.74) is 1.80. The summed E-state index contributed by atoms with van der Waals surface area (Å²) >= 11 is 5.98. The summed E-state index contributed by atoms with van der Waals surface area (Å²) in [6, 6.07) is 7.08. The molecule has 1 aromatic carbocycles. The highest BCUT2D eigenvalue weighted by Crippen LogP contribution is 2.15. The first-order chi connectivity index (χ1) is 11.7. The lowest BCUT2D eigenvalue weighted by molar-refractivity contribution is 0.0331. The summed E-state index contributed by atoms with van der Waals surface area (Å²) in [5.74, 6) is 0. The van der Waals surface area contributed by atoms with Crippen LogP contribution < -0.4 is 5.43 Å². The van der Waals surface area contributed by atoms with Gasteiger partial charge in [-0.05, 0) is 24.7 Å². The number of halogens is 1. The van der Waals surface area contributed by atoms with Crippen LogP contribution in [-0.4, -0.2) is 60.7 Å². The fourth-order valence-electron chi connectivity index (χ4n) is 3.06. The van der Waals surface area contributed by atoms with Gasteiger partial charge in [-0.15, -0.1) is 0 Å². The Bertz CT molecular complexity index is 741. The van der Waals surface area contributed by atoms with Crippen LogP contribution in [-0.2, 0) is 11.3 Å². The molecule has 5 nitrogen and oxygen atoms in total. The number of aromatic nitrogens is 1. The Morgan fingerprint density at radius 3 is 2.83 bits per heavy atom. The van der Waals surface area contributed by atoms with Crippen molar-refractivity contribution in [3.63, 3.8) is 0 Å². The molecule has 0 amide bonds. The van der Waals surface area contributed by atoms with Crippen molar-refractivity contribution in [3.8, 4) is 0 Å². The van der Waals surface area contributed by atoms with Crippen molar-refractivity contribution in [2.24, 2.45) is 0 Å². The van der Waals surface area contributed by atoms with Gasteiger partial charge in [0.25, 0.3) is 0 Å². The molecule has 1 N–H and O–H groups in total. The Balaban J connectivity index is 1.67. The predicted octanol–water partition coefficient (Wildman–Crippen LogP) is 2.34. The van der Waals surface area contributed by atoms with Crippen molar-refractivity contribution in [2.75, 3.05) is 45.9 Å². The Labute approximate surface area is 147 Å². The van der Waals surface area contributed by atoms with Crippen LogP contribution in [0.15, 0.2) is 29.1 Å². The number of benzene rings is 1. The van der Waals surface area contributed by atoms with Crippen molar-refractivity contribution in [1.82, 2.24) is 14.8 Å². The maximum atomic E-state index is 12.3. The van der Waals surface area contributed by atoms with E-state index < -0.39 is 0 Å². The number of nitrogens with one attached hydrogen (secondary N) is 1. The molecule has 6 heteroatoms. The molecule has 1 aliphatic heterocycles. The summed E-state index contributed by atoms with van der Waals surface area (Å²) in [6.45, 7) is 9.52. The molecule has 24 heavy (non-hydrogen) atoms. The number of hydrogen-bond donors (Lipinski definition) is 1. The van der Waals surface area contributed by atoms with Crippen molar-refractivity contribution in [3.05, 3.63) is 45.2 Å². The van der Waals surface area contributed by atoms with Crippen LogP contribution in [0.5, 0.6) is 0 Å². The summed E-state index contributed by atoms with van der Waals surface area (Å²) in [6.07, 6.45) is 0. The molecule has 0 aliphatic carbocycles. The normalized spacial score (nSPS) is 16.1. The lowest BCUT2D eigenvalue weighted by Crippen LogP contribution is -2.41. The second-order valence-corrected chi connectivity index (χ2v) is 6.61. The molecule has 0 bridgehead atoms. The van der Waals surface area contributed by atoms with Gasteiger partial charge >= 0.3 is 0 Å². The molecule has 1 fully saturated rings. The van der Waals surface area contributed by atoms with E-state index in [2.05, 4.69) is 21.7 Å². The predicted molar refractivity (Wildman–Crippen MR) is 97.8 cm³/mol. The zero-order valence-electron chi connectivity index (χ0n) is 14.1. The van der Waals surface area contributed by atoms with Gasteiger partial charge in [0.15, 0.2) is 5.43 Å². The monoisotopic (exact) mass is 349 g/mol. The Morgan fingerprint density at radius 1 is 1.29 bits per heavy atom. The highest BCUT2D eigenvalue weighted by molar-refractivity contribution is 6.31. The smallest absolute Gasteiger partial charge is 0.189 e. The maximum Gasteiger partial charge on any atom is 0.189 e. The lowest BCUT2D eigenvalue weighted by Gasteiger charge is -2.29. The highest BCUT2D eigenvalue weighted by atomic mass is 35.5. The zero-order chi connectivity index (χ0) is 16.9. The van der Waals surface area contributed by atoms with Crippen molar-refractivity contribution < 1.29 is 4.74 Å². The maximum absolute atomic E-state index is 12.3. The third-order valence-corrected chi connectivity index (χ3v) is 4.76. The van der Waals surface area contributed by atoms with Gasteiger partial charge in [0.2, 0.25) is 0 Å². The van der Waals surface area contributed by atoms with E-state index in [9.17, 15) is 4.79 Å². The van der Waals surface area contributed by atoms with E-state index in [0.29, 0.717) is 10.4 Å². The Hall–Kier alpha value is -1.40. The number of rotatable bonds is 6. The van der Waals surface area contributed by atoms with Gasteiger partial charge in [-0.1, -0.05) is 18.5 Å². The zero-order valence-corrected chi connectivity index (χ0v) is 14.8. The van der Waals surface area contributed by atoms with Gasteiger partial charge in [0.05, 0.1) is 13.2 Å². The van der Waals surface area contributed by atoms with E-state index in [4.69, 9.17) is 16.3 Å². The largest absolute Gasteiger partial charge is 0.379 e. The minimum atomic E-state index is 0.0190. The first kappa shape index (κ1) is 17.4. The molecule has 0 spiro atoms. The van der Waals surface area contributed by atoms with Crippen LogP contribution in [0, 0.1) is 0 Å². The number of nitrogens with zero attached hydrogens (tertiary/aromatic N) is 2. The molecule has 0 saturated carbocycles. The first-order valence-corrected chi connectivity index (χ1v) is 8.87. The second kappa shape index (κ2) is 8.12. The molecule has 1 aromatic heterocycles. The number of ether oxygens (including phenoxy) is 1. The van der Waals surface area contributed by atoms with Gasteiger partial charge < -0.3 is 9.72 Å². The fourth-order valence-corrected chi connectivity index (χ4v) is 3.23. The number of hydrogen-bond acceptors (Lipinski definition) is 4. The van der Waals surface area contributed by atoms with Crippen LogP contribution >= 0.6 is 11.6 Å². The third-order valence-electron chi connectivity index (χ3n) is 4.52. The van der Waals surface area contributed by atoms with Gasteiger partial charge in [0, 0.05) is 60.4 Å². The van der Waals surface area contributed by atoms with E-state index >= 15 is 0 Å². The van der Waals surface area contributed by atoms with Gasteiger partial charge in [-0.2, -0.15) is 0 Å². The van der Waals surface area contributed by atoms with Gasteiger partial charge in [-0.25, -0.2) is 0 Å².